The lowest BCUT2D eigenvalue weighted by Gasteiger charge is -2.47. The molecule has 1 aliphatic carbocycles. The largest absolute Gasteiger partial charge is 0.456 e. The number of fused-ring (bicyclic) bond motifs is 3. The van der Waals surface area contributed by atoms with Crippen molar-refractivity contribution in [2.75, 3.05) is 27.9 Å². The Labute approximate surface area is 392 Å². The van der Waals surface area contributed by atoms with E-state index in [1.807, 2.05) is 75.4 Å². The lowest BCUT2D eigenvalue weighted by molar-refractivity contribution is -0.302. The average molecular weight is 920 g/mol. The van der Waals surface area contributed by atoms with Crippen LogP contribution in [0, 0.1) is 29.6 Å². The molecule has 2 saturated heterocycles. The number of ketones is 2. The first-order chi connectivity index (χ1) is 31.4. The zero-order valence-electron chi connectivity index (χ0n) is 40.6. The third-order valence-electron chi connectivity index (χ3n) is 14.7. The van der Waals surface area contributed by atoms with E-state index in [0.29, 0.717) is 63.4 Å². The van der Waals surface area contributed by atoms with Crippen LogP contribution < -0.4 is 0 Å². The number of ether oxygens (including phenoxy) is 5. The molecule has 1 aromatic rings. The number of benzene rings is 1. The summed E-state index contributed by atoms with van der Waals surface area (Å²) in [4.78, 5) is 58.5. The first-order valence-corrected chi connectivity index (χ1v) is 24.0. The van der Waals surface area contributed by atoms with Gasteiger partial charge in [-0.2, -0.15) is 0 Å². The Morgan fingerprint density at radius 3 is 2.30 bits per heavy atom. The molecule has 2 bridgehead atoms. The van der Waals surface area contributed by atoms with Crippen LogP contribution in [-0.2, 0) is 42.9 Å². The van der Waals surface area contributed by atoms with Crippen molar-refractivity contribution in [3.05, 3.63) is 77.9 Å². The summed E-state index contributed by atoms with van der Waals surface area (Å²) in [7, 11) is 4.65. The number of nitrogens with zero attached hydrogens (tertiary/aromatic N) is 1. The summed E-state index contributed by atoms with van der Waals surface area (Å²) in [6.07, 6.45) is 9.38. The molecule has 14 unspecified atom stereocenters. The fourth-order valence-corrected chi connectivity index (χ4v) is 10.7. The van der Waals surface area contributed by atoms with Crippen LogP contribution in [0.3, 0.4) is 0 Å². The number of hydrogen-bond acceptors (Lipinski definition) is 12. The van der Waals surface area contributed by atoms with E-state index in [4.69, 9.17) is 23.7 Å². The zero-order valence-corrected chi connectivity index (χ0v) is 40.6. The van der Waals surface area contributed by atoms with E-state index in [-0.39, 0.29) is 43.4 Å². The molecular formula is C53H77NO12. The van der Waals surface area contributed by atoms with Crippen LogP contribution in [0.25, 0.3) is 6.08 Å². The quantitative estimate of drug-likeness (QED) is 0.123. The summed E-state index contributed by atoms with van der Waals surface area (Å²) in [6.45, 7) is 13.2. The van der Waals surface area contributed by atoms with Crippen molar-refractivity contribution in [1.82, 2.24) is 4.90 Å². The van der Waals surface area contributed by atoms with Crippen molar-refractivity contribution in [1.29, 1.82) is 0 Å². The van der Waals surface area contributed by atoms with Crippen LogP contribution in [-0.4, -0.2) is 126 Å². The van der Waals surface area contributed by atoms with Crippen LogP contribution >= 0.6 is 0 Å². The molecule has 0 spiro atoms. The Balaban J connectivity index is 1.49. The summed E-state index contributed by atoms with van der Waals surface area (Å²) in [5, 5.41) is 35.8. The van der Waals surface area contributed by atoms with E-state index >= 15 is 0 Å². The molecule has 0 aromatic heterocycles. The molecule has 5 rings (SSSR count). The molecule has 1 amide bonds. The van der Waals surface area contributed by atoms with Gasteiger partial charge < -0.3 is 43.9 Å². The molecule has 13 heteroatoms. The van der Waals surface area contributed by atoms with Crippen LogP contribution in [0.15, 0.2) is 72.4 Å². The number of aliphatic hydroxyl groups is 3. The second-order valence-corrected chi connectivity index (χ2v) is 19.7. The van der Waals surface area contributed by atoms with Crippen LogP contribution in [0.1, 0.15) is 117 Å². The van der Waals surface area contributed by atoms with Gasteiger partial charge in [-0.15, -0.1) is 6.58 Å². The van der Waals surface area contributed by atoms with E-state index in [2.05, 4.69) is 6.58 Å². The summed E-state index contributed by atoms with van der Waals surface area (Å²) in [5.41, 5.74) is 1.52. The van der Waals surface area contributed by atoms with E-state index in [1.165, 1.54) is 19.1 Å². The number of amides is 1. The first-order valence-electron chi connectivity index (χ1n) is 24.0. The van der Waals surface area contributed by atoms with E-state index in [9.17, 15) is 34.5 Å². The van der Waals surface area contributed by atoms with Gasteiger partial charge in [0.05, 0.1) is 30.0 Å². The third-order valence-corrected chi connectivity index (χ3v) is 14.7. The second kappa shape index (κ2) is 24.0. The molecule has 1 aromatic carbocycles. The Kier molecular flexibility index (Phi) is 19.3. The van der Waals surface area contributed by atoms with Crippen molar-refractivity contribution in [2.45, 2.75) is 166 Å². The summed E-state index contributed by atoms with van der Waals surface area (Å²) in [5.74, 6) is -7.96. The molecule has 366 valence electrons. The van der Waals surface area contributed by atoms with Gasteiger partial charge in [0.1, 0.15) is 24.0 Å². The van der Waals surface area contributed by atoms with Gasteiger partial charge in [0.25, 0.3) is 11.7 Å². The lowest BCUT2D eigenvalue weighted by atomic mass is 9.74. The molecule has 66 heavy (non-hydrogen) atoms. The van der Waals surface area contributed by atoms with Gasteiger partial charge in [0.15, 0.2) is 0 Å². The fourth-order valence-electron chi connectivity index (χ4n) is 10.7. The zero-order chi connectivity index (χ0) is 48.3. The highest BCUT2D eigenvalue weighted by Crippen LogP contribution is 2.41. The number of carbonyl (C=O) groups excluding carboxylic acids is 4. The van der Waals surface area contributed by atoms with Gasteiger partial charge in [-0.3, -0.25) is 14.4 Å². The van der Waals surface area contributed by atoms with E-state index < -0.39 is 89.5 Å². The number of hydrogen-bond donors (Lipinski definition) is 3. The molecule has 13 nitrogen and oxygen atoms in total. The number of carbonyl (C=O) groups is 4. The second-order valence-electron chi connectivity index (χ2n) is 19.7. The number of allylic oxidation sites excluding steroid dienone is 4. The van der Waals surface area contributed by atoms with Gasteiger partial charge in [-0.05, 0) is 107 Å². The molecule has 1 saturated carbocycles. The van der Waals surface area contributed by atoms with Crippen molar-refractivity contribution in [3.63, 3.8) is 0 Å². The number of piperidine rings is 1. The van der Waals surface area contributed by atoms with Gasteiger partial charge in [0.2, 0.25) is 5.79 Å². The Bertz CT molecular complexity index is 1910. The summed E-state index contributed by atoms with van der Waals surface area (Å²) < 4.78 is 30.3. The van der Waals surface area contributed by atoms with Gasteiger partial charge in [-0.1, -0.05) is 87.1 Å². The molecule has 4 aliphatic rings. The SMILES string of the molecule is C=CCC1/C=C(\C)CC(C)CC(OC)C2OC(O)(C(=O)C(=O)N3CCCCC3C(=O)OC(C(C)=CC3CCC(O)(CC=Cc4ccccc4)C(OC)C3)C(C)C(O)CC1=O)C(C)CC2OC. The number of methoxy groups -OCH3 is 3. The summed E-state index contributed by atoms with van der Waals surface area (Å²) >= 11 is 0. The average Bonchev–Trinajstić information content (AvgIpc) is 3.30. The molecule has 3 N–H and O–H groups in total. The van der Waals surface area contributed by atoms with Crippen molar-refractivity contribution >= 4 is 29.5 Å². The number of aliphatic hydroxyl groups excluding tert-OH is 1. The minimum atomic E-state index is -2.53. The predicted octanol–water partition coefficient (Wildman–Crippen LogP) is 7.11. The number of rotatable bonds is 10. The van der Waals surface area contributed by atoms with Crippen LogP contribution in [0.4, 0.5) is 0 Å². The highest BCUT2D eigenvalue weighted by atomic mass is 16.7. The highest BCUT2D eigenvalue weighted by molar-refractivity contribution is 6.39. The normalized spacial score (nSPS) is 38.2. The maximum atomic E-state index is 14.5. The topological polar surface area (TPSA) is 178 Å². The molecule has 3 fully saturated rings. The van der Waals surface area contributed by atoms with Crippen molar-refractivity contribution < 1.29 is 58.2 Å². The lowest BCUT2D eigenvalue weighted by Crippen LogP contribution is -2.64. The molecule has 3 aliphatic heterocycles. The molecule has 14 atom stereocenters. The summed E-state index contributed by atoms with van der Waals surface area (Å²) in [6, 6.07) is 8.71. The third kappa shape index (κ3) is 12.8. The van der Waals surface area contributed by atoms with Gasteiger partial charge >= 0.3 is 5.97 Å². The van der Waals surface area contributed by atoms with Gasteiger partial charge in [-0.25, -0.2) is 4.79 Å². The standard InChI is InChI=1S/C53H77NO12/c1-10-17-40-27-33(2)26-34(3)28-44(62-7)48-45(63-8)30-36(5)53(61,66-48)49(57)50(58)54-25-15-14-21-41(54)51(59)65-47(37(6)42(55)32-43(40)56)35(4)29-39-22-24-52(60,46(31-39)64-9)23-16-20-38-18-12-11-13-19-38/h10-13,16,18-20,27,29,34,36-37,39-42,44-48,55,60-61H,1,14-15,17,21-26,28,30-32H2,2-9H3/b20-16?,33-27+,35-29?. The maximum Gasteiger partial charge on any atom is 0.329 e. The van der Waals surface area contributed by atoms with Gasteiger partial charge in [0, 0.05) is 52.0 Å². The van der Waals surface area contributed by atoms with Crippen LogP contribution in [0.2, 0.25) is 0 Å². The fraction of sp³-hybridized carbons (Fsp3) is 0.660. The van der Waals surface area contributed by atoms with Crippen molar-refractivity contribution in [2.24, 2.45) is 29.6 Å². The Hall–Kier alpha value is -3.82. The molecule has 0 radical (unpaired) electrons. The number of cyclic esters (lactones) is 1. The van der Waals surface area contributed by atoms with E-state index in [1.54, 1.807) is 27.0 Å². The Morgan fingerprint density at radius 2 is 1.64 bits per heavy atom. The number of Topliss-reactive ketones (excluding diaryl/α,β-unsaturated/α-hetero) is 2. The molecular weight excluding hydrogens is 843 g/mol. The minimum absolute atomic E-state index is 0.00215. The Morgan fingerprint density at radius 1 is 0.939 bits per heavy atom. The van der Waals surface area contributed by atoms with Crippen LogP contribution in [0.5, 0.6) is 0 Å². The maximum absolute atomic E-state index is 14.5. The van der Waals surface area contributed by atoms with Crippen molar-refractivity contribution in [3.8, 4) is 0 Å². The van der Waals surface area contributed by atoms with E-state index in [0.717, 1.165) is 11.1 Å². The monoisotopic (exact) mass is 920 g/mol. The molecule has 3 heterocycles. The first kappa shape index (κ1) is 53.1. The minimum Gasteiger partial charge on any atom is -0.456 e. The highest BCUT2D eigenvalue weighted by Gasteiger charge is 2.56. The smallest absolute Gasteiger partial charge is 0.329 e. The predicted molar refractivity (Wildman–Crippen MR) is 252 cm³/mol. The number of esters is 1.